The van der Waals surface area contributed by atoms with E-state index in [4.69, 9.17) is 34.7 Å². The number of primary amides is 1. The molecule has 1 rings (SSSR count). The highest BCUT2D eigenvalue weighted by Gasteiger charge is 2.10. The second-order valence-electron chi connectivity index (χ2n) is 3.68. The Kier molecular flexibility index (Phi) is 5.25. The van der Waals surface area contributed by atoms with Gasteiger partial charge >= 0.3 is 0 Å². The van der Waals surface area contributed by atoms with Crippen molar-refractivity contribution in [2.45, 2.75) is 12.8 Å². The molecule has 0 spiro atoms. The van der Waals surface area contributed by atoms with E-state index in [0.717, 1.165) is 0 Å². The van der Waals surface area contributed by atoms with Crippen LogP contribution in [-0.2, 0) is 4.79 Å². The number of nitrogens with two attached hydrogens (primary N) is 2. The van der Waals surface area contributed by atoms with Crippen molar-refractivity contribution in [3.63, 3.8) is 0 Å². The first-order chi connectivity index (χ1) is 8.41. The third kappa shape index (κ3) is 4.09. The third-order valence-corrected chi connectivity index (χ3v) is 2.85. The van der Waals surface area contributed by atoms with Crippen LogP contribution in [0.2, 0.25) is 10.0 Å². The minimum atomic E-state index is -0.400. The number of halogens is 2. The van der Waals surface area contributed by atoms with Gasteiger partial charge in [0.05, 0.1) is 15.7 Å². The van der Waals surface area contributed by atoms with Crippen molar-refractivity contribution in [1.82, 2.24) is 5.32 Å². The summed E-state index contributed by atoms with van der Waals surface area (Å²) in [5, 5.41) is 3.08. The van der Waals surface area contributed by atoms with Gasteiger partial charge in [-0.25, -0.2) is 0 Å². The van der Waals surface area contributed by atoms with Crippen LogP contribution in [0.1, 0.15) is 23.2 Å². The number of anilines is 1. The Bertz CT molecular complexity index is 454. The standard InChI is InChI=1S/C11H13Cl2N3O2/c12-7-4-6(5-8(13)10(7)15)11(18)16-3-1-2-9(14)17/h4-5H,1-3,15H2,(H2,14,17)(H,16,18). The van der Waals surface area contributed by atoms with E-state index in [1.165, 1.54) is 12.1 Å². The van der Waals surface area contributed by atoms with Crippen molar-refractivity contribution in [1.29, 1.82) is 0 Å². The van der Waals surface area contributed by atoms with Crippen LogP contribution in [0.4, 0.5) is 5.69 Å². The number of amides is 2. The molecule has 0 aromatic heterocycles. The molecule has 98 valence electrons. The molecule has 1 aromatic rings. The molecular formula is C11H13Cl2N3O2. The molecule has 18 heavy (non-hydrogen) atoms. The lowest BCUT2D eigenvalue weighted by atomic mass is 10.2. The average molecular weight is 290 g/mol. The van der Waals surface area contributed by atoms with E-state index >= 15 is 0 Å². The topological polar surface area (TPSA) is 98.2 Å². The van der Waals surface area contributed by atoms with Crippen molar-refractivity contribution >= 4 is 40.7 Å². The Balaban J connectivity index is 2.59. The van der Waals surface area contributed by atoms with E-state index < -0.39 is 5.91 Å². The fraction of sp³-hybridized carbons (Fsp3) is 0.273. The number of carbonyl (C=O) groups is 2. The number of benzene rings is 1. The van der Waals surface area contributed by atoms with Crippen molar-refractivity contribution in [3.8, 4) is 0 Å². The number of rotatable bonds is 5. The van der Waals surface area contributed by atoms with E-state index in [1.54, 1.807) is 0 Å². The van der Waals surface area contributed by atoms with Crippen LogP contribution < -0.4 is 16.8 Å². The second-order valence-corrected chi connectivity index (χ2v) is 4.49. The molecule has 0 bridgehead atoms. The molecule has 7 heteroatoms. The van der Waals surface area contributed by atoms with Crippen molar-refractivity contribution in [2.75, 3.05) is 12.3 Å². The zero-order chi connectivity index (χ0) is 13.7. The molecule has 5 nitrogen and oxygen atoms in total. The molecule has 0 atom stereocenters. The summed E-state index contributed by atoms with van der Waals surface area (Å²) < 4.78 is 0. The smallest absolute Gasteiger partial charge is 0.251 e. The zero-order valence-electron chi connectivity index (χ0n) is 9.50. The van der Waals surface area contributed by atoms with Crippen molar-refractivity contribution in [2.24, 2.45) is 5.73 Å². The predicted molar refractivity (Wildman–Crippen MR) is 71.6 cm³/mol. The first-order valence-corrected chi connectivity index (χ1v) is 5.98. The number of carbonyl (C=O) groups excluding carboxylic acids is 2. The van der Waals surface area contributed by atoms with Gasteiger partial charge in [0.25, 0.3) is 5.91 Å². The number of nitrogen functional groups attached to an aromatic ring is 1. The summed E-state index contributed by atoms with van der Waals surface area (Å²) in [7, 11) is 0. The van der Waals surface area contributed by atoms with Crippen LogP contribution in [0, 0.1) is 0 Å². The maximum Gasteiger partial charge on any atom is 0.251 e. The zero-order valence-corrected chi connectivity index (χ0v) is 11.0. The summed E-state index contributed by atoms with van der Waals surface area (Å²) >= 11 is 11.6. The van der Waals surface area contributed by atoms with E-state index in [1.807, 2.05) is 0 Å². The maximum absolute atomic E-state index is 11.7. The molecular weight excluding hydrogens is 277 g/mol. The van der Waals surface area contributed by atoms with Crippen LogP contribution in [0.25, 0.3) is 0 Å². The molecule has 5 N–H and O–H groups in total. The van der Waals surface area contributed by atoms with E-state index in [-0.39, 0.29) is 28.1 Å². The number of hydrogen-bond donors (Lipinski definition) is 3. The fourth-order valence-corrected chi connectivity index (χ4v) is 1.77. The van der Waals surface area contributed by atoms with Crippen molar-refractivity contribution < 1.29 is 9.59 Å². The monoisotopic (exact) mass is 289 g/mol. The minimum Gasteiger partial charge on any atom is -0.396 e. The van der Waals surface area contributed by atoms with Gasteiger partial charge in [0.15, 0.2) is 0 Å². The first-order valence-electron chi connectivity index (χ1n) is 5.23. The molecule has 1 aromatic carbocycles. The van der Waals surface area contributed by atoms with Crippen LogP contribution >= 0.6 is 23.2 Å². The van der Waals surface area contributed by atoms with Gasteiger partial charge in [0, 0.05) is 18.5 Å². The second kappa shape index (κ2) is 6.47. The molecule has 0 aliphatic heterocycles. The predicted octanol–water partition coefficient (Wildman–Crippen LogP) is 1.57. The quantitative estimate of drug-likeness (QED) is 0.567. The Hall–Kier alpha value is -1.46. The lowest BCUT2D eigenvalue weighted by Gasteiger charge is -2.07. The lowest BCUT2D eigenvalue weighted by molar-refractivity contribution is -0.118. The molecule has 0 aliphatic carbocycles. The Morgan fingerprint density at radius 1 is 1.22 bits per heavy atom. The highest BCUT2D eigenvalue weighted by Crippen LogP contribution is 2.28. The van der Waals surface area contributed by atoms with Crippen LogP contribution in [0.15, 0.2) is 12.1 Å². The normalized spacial score (nSPS) is 10.1. The van der Waals surface area contributed by atoms with Gasteiger partial charge in [0.1, 0.15) is 0 Å². The Labute approximate surface area is 114 Å². The molecule has 0 saturated heterocycles. The van der Waals surface area contributed by atoms with E-state index in [2.05, 4.69) is 5.32 Å². The molecule has 0 aliphatic rings. The summed E-state index contributed by atoms with van der Waals surface area (Å²) in [6.07, 6.45) is 0.709. The number of nitrogens with one attached hydrogen (secondary N) is 1. The molecule has 0 radical (unpaired) electrons. The lowest BCUT2D eigenvalue weighted by Crippen LogP contribution is -2.25. The van der Waals surface area contributed by atoms with Gasteiger partial charge in [-0.3, -0.25) is 9.59 Å². The van der Waals surface area contributed by atoms with E-state index in [9.17, 15) is 9.59 Å². The fourth-order valence-electron chi connectivity index (χ4n) is 1.28. The molecule has 0 heterocycles. The summed E-state index contributed by atoms with van der Waals surface area (Å²) in [4.78, 5) is 22.2. The Morgan fingerprint density at radius 3 is 2.28 bits per heavy atom. The van der Waals surface area contributed by atoms with Gasteiger partial charge in [-0.1, -0.05) is 23.2 Å². The van der Waals surface area contributed by atoms with Gasteiger partial charge in [-0.2, -0.15) is 0 Å². The molecule has 2 amide bonds. The first kappa shape index (κ1) is 14.6. The summed E-state index contributed by atoms with van der Waals surface area (Å²) in [6, 6.07) is 2.87. The molecule has 0 fully saturated rings. The third-order valence-electron chi connectivity index (χ3n) is 2.23. The molecule has 0 unspecified atom stereocenters. The summed E-state index contributed by atoms with van der Waals surface area (Å²) in [5.41, 5.74) is 11.1. The highest BCUT2D eigenvalue weighted by atomic mass is 35.5. The summed E-state index contributed by atoms with van der Waals surface area (Å²) in [6.45, 7) is 0.349. The van der Waals surface area contributed by atoms with Crippen LogP contribution in [-0.4, -0.2) is 18.4 Å². The minimum absolute atomic E-state index is 0.226. The SMILES string of the molecule is NC(=O)CCCNC(=O)c1cc(Cl)c(N)c(Cl)c1. The largest absolute Gasteiger partial charge is 0.396 e. The van der Waals surface area contributed by atoms with Gasteiger partial charge in [-0.15, -0.1) is 0 Å². The highest BCUT2D eigenvalue weighted by molar-refractivity contribution is 6.39. The summed E-state index contributed by atoms with van der Waals surface area (Å²) in [5.74, 6) is -0.730. The number of hydrogen-bond acceptors (Lipinski definition) is 3. The Morgan fingerprint density at radius 2 is 1.78 bits per heavy atom. The average Bonchev–Trinajstić information content (AvgIpc) is 2.30. The van der Waals surface area contributed by atoms with Gasteiger partial charge in [-0.05, 0) is 18.6 Å². The van der Waals surface area contributed by atoms with E-state index in [0.29, 0.717) is 18.5 Å². The van der Waals surface area contributed by atoms with Gasteiger partial charge in [0.2, 0.25) is 5.91 Å². The van der Waals surface area contributed by atoms with Crippen LogP contribution in [0.3, 0.4) is 0 Å². The van der Waals surface area contributed by atoms with Gasteiger partial charge < -0.3 is 16.8 Å². The van der Waals surface area contributed by atoms with Crippen LogP contribution in [0.5, 0.6) is 0 Å². The maximum atomic E-state index is 11.7. The molecule has 0 saturated carbocycles. The van der Waals surface area contributed by atoms with Crippen molar-refractivity contribution in [3.05, 3.63) is 27.7 Å².